The summed E-state index contributed by atoms with van der Waals surface area (Å²) in [7, 11) is 0. The summed E-state index contributed by atoms with van der Waals surface area (Å²) in [4.78, 5) is 21.1. The van der Waals surface area contributed by atoms with Gasteiger partial charge in [-0.05, 0) is 38.2 Å². The van der Waals surface area contributed by atoms with Crippen molar-refractivity contribution in [3.8, 4) is 0 Å². The van der Waals surface area contributed by atoms with Gasteiger partial charge in [-0.25, -0.2) is 15.4 Å². The van der Waals surface area contributed by atoms with E-state index in [1.165, 1.54) is 0 Å². The van der Waals surface area contributed by atoms with E-state index in [4.69, 9.17) is 0 Å². The first-order chi connectivity index (χ1) is 14.3. The maximum absolute atomic E-state index is 13.9. The molecule has 2 aliphatic heterocycles. The zero-order valence-corrected chi connectivity index (χ0v) is 16.4. The Morgan fingerprint density at radius 2 is 1.87 bits per heavy atom. The molecule has 0 spiro atoms. The van der Waals surface area contributed by atoms with Crippen molar-refractivity contribution >= 4 is 11.5 Å². The molecule has 3 atom stereocenters. The molecule has 0 bridgehead atoms. The summed E-state index contributed by atoms with van der Waals surface area (Å²) in [6, 6.07) is 6.62. The van der Waals surface area contributed by atoms with E-state index in [1.54, 1.807) is 37.3 Å². The number of nitrogens with zero attached hydrogens (tertiary/aromatic N) is 2. The second kappa shape index (κ2) is 6.87. The Hall–Kier alpha value is -2.81. The van der Waals surface area contributed by atoms with Crippen LogP contribution in [0.4, 0.5) is 13.2 Å². The number of hydrogen-bond acceptors (Lipinski definition) is 4. The number of carbonyl (C=O) groups is 1. The van der Waals surface area contributed by atoms with E-state index < -0.39 is 30.2 Å². The molecule has 3 N–H and O–H groups in total. The van der Waals surface area contributed by atoms with Crippen molar-refractivity contribution in [2.45, 2.75) is 56.9 Å². The van der Waals surface area contributed by atoms with Crippen molar-refractivity contribution < 1.29 is 18.0 Å². The molecule has 9 heteroatoms. The predicted molar refractivity (Wildman–Crippen MR) is 104 cm³/mol. The minimum atomic E-state index is -4.52. The molecule has 0 saturated carbocycles. The second-order valence-electron chi connectivity index (χ2n) is 8.07. The van der Waals surface area contributed by atoms with E-state index >= 15 is 0 Å². The normalized spacial score (nSPS) is 26.5. The average Bonchev–Trinajstić information content (AvgIpc) is 3.30. The highest BCUT2D eigenvalue weighted by atomic mass is 19.4. The summed E-state index contributed by atoms with van der Waals surface area (Å²) < 4.78 is 41.6. The van der Waals surface area contributed by atoms with Crippen LogP contribution in [0.3, 0.4) is 0 Å². The van der Waals surface area contributed by atoms with E-state index in [0.29, 0.717) is 17.1 Å². The van der Waals surface area contributed by atoms with Crippen LogP contribution in [0.1, 0.15) is 48.5 Å². The Labute approximate surface area is 171 Å². The molecule has 30 heavy (non-hydrogen) atoms. The number of allylic oxidation sites excluding steroid dienone is 1. The first kappa shape index (κ1) is 19.2. The van der Waals surface area contributed by atoms with E-state index in [0.717, 1.165) is 42.1 Å². The zero-order valence-electron chi connectivity index (χ0n) is 16.4. The third kappa shape index (κ3) is 2.99. The van der Waals surface area contributed by atoms with Crippen LogP contribution in [0.2, 0.25) is 0 Å². The third-order valence-corrected chi connectivity index (χ3v) is 6.16. The van der Waals surface area contributed by atoms with Gasteiger partial charge in [0, 0.05) is 11.4 Å². The summed E-state index contributed by atoms with van der Waals surface area (Å²) in [6.07, 6.45) is -1.55. The molecule has 158 valence electrons. The fourth-order valence-electron chi connectivity index (χ4n) is 4.74. The van der Waals surface area contributed by atoms with Crippen molar-refractivity contribution in [3.05, 3.63) is 58.8 Å². The molecule has 1 aromatic heterocycles. The molecule has 0 radical (unpaired) electrons. The number of aromatic nitrogens is 2. The number of nitrogens with one attached hydrogen (secondary N) is 3. The van der Waals surface area contributed by atoms with Gasteiger partial charge in [-0.15, -0.1) is 0 Å². The molecule has 1 saturated heterocycles. The number of carbonyl (C=O) groups excluding carboxylic acids is 1. The Morgan fingerprint density at radius 3 is 2.57 bits per heavy atom. The highest BCUT2D eigenvalue weighted by molar-refractivity contribution is 6.20. The van der Waals surface area contributed by atoms with Crippen molar-refractivity contribution in [1.29, 1.82) is 0 Å². The molecular formula is C21H22F3N5O. The van der Waals surface area contributed by atoms with Gasteiger partial charge in [0.05, 0.1) is 11.6 Å². The van der Waals surface area contributed by atoms with Crippen LogP contribution in [-0.2, 0) is 17.6 Å². The van der Waals surface area contributed by atoms with E-state index in [-0.39, 0.29) is 5.57 Å². The molecule has 1 fully saturated rings. The smallest absolute Gasteiger partial charge is 0.366 e. The Bertz CT molecular complexity index is 990. The first-order valence-corrected chi connectivity index (χ1v) is 10.1. The van der Waals surface area contributed by atoms with Gasteiger partial charge in [-0.2, -0.15) is 13.2 Å². The number of halogens is 3. The predicted octanol–water partition coefficient (Wildman–Crippen LogP) is 3.01. The Kier molecular flexibility index (Phi) is 4.39. The number of fused-ring (bicyclic) bond motifs is 2. The SMILES string of the molecule is CC1=C(c2nc3c([nH]2)CCCC3)C(=O)N2NC(C(F)(F)F)C(c3ccccc3)C2N1. The molecule has 6 nitrogen and oxygen atoms in total. The molecular weight excluding hydrogens is 395 g/mol. The van der Waals surface area contributed by atoms with Gasteiger partial charge in [0.1, 0.15) is 23.6 Å². The van der Waals surface area contributed by atoms with Crippen LogP contribution in [-0.4, -0.2) is 39.3 Å². The van der Waals surface area contributed by atoms with E-state index in [1.807, 2.05) is 0 Å². The van der Waals surface area contributed by atoms with Gasteiger partial charge in [0.15, 0.2) is 0 Å². The number of aryl methyl sites for hydroxylation is 2. The molecule has 3 aliphatic rings. The standard InChI is InChI=1S/C21H22F3N5O/c1-11-15(18-26-13-9-5-6-10-14(13)27-18)20(30)29-19(25-11)16(12-7-3-2-4-8-12)17(28-29)21(22,23)24/h2-4,7-8,16-17,19,25,28H,5-6,9-10H2,1H3,(H,26,27). The van der Waals surface area contributed by atoms with Crippen LogP contribution in [0.25, 0.3) is 5.57 Å². The highest BCUT2D eigenvalue weighted by Gasteiger charge is 2.57. The number of hydrazine groups is 1. The fraction of sp³-hybridized carbons (Fsp3) is 0.429. The largest absolute Gasteiger partial charge is 0.406 e. The van der Waals surface area contributed by atoms with Crippen molar-refractivity contribution in [2.24, 2.45) is 0 Å². The quantitative estimate of drug-likeness (QED) is 0.703. The van der Waals surface area contributed by atoms with Gasteiger partial charge >= 0.3 is 6.18 Å². The summed E-state index contributed by atoms with van der Waals surface area (Å²) in [5.74, 6) is -1.06. The maximum Gasteiger partial charge on any atom is 0.406 e. The van der Waals surface area contributed by atoms with Crippen LogP contribution >= 0.6 is 0 Å². The zero-order chi connectivity index (χ0) is 21.0. The van der Waals surface area contributed by atoms with Crippen LogP contribution < -0.4 is 10.7 Å². The van der Waals surface area contributed by atoms with E-state index in [2.05, 4.69) is 20.7 Å². The van der Waals surface area contributed by atoms with Gasteiger partial charge in [0.25, 0.3) is 5.91 Å². The number of benzene rings is 1. The highest BCUT2D eigenvalue weighted by Crippen LogP contribution is 2.42. The lowest BCUT2D eigenvalue weighted by atomic mass is 9.89. The Balaban J connectivity index is 1.54. The molecule has 3 unspecified atom stereocenters. The number of H-pyrrole nitrogens is 1. The molecule has 2 aromatic rings. The van der Waals surface area contributed by atoms with Crippen LogP contribution in [0, 0.1) is 0 Å². The number of imidazole rings is 1. The number of hydrogen-bond donors (Lipinski definition) is 3. The van der Waals surface area contributed by atoms with Crippen molar-refractivity contribution in [2.75, 3.05) is 0 Å². The van der Waals surface area contributed by atoms with E-state index in [9.17, 15) is 18.0 Å². The van der Waals surface area contributed by atoms with Gasteiger partial charge in [-0.3, -0.25) is 4.79 Å². The number of alkyl halides is 3. The number of amides is 1. The number of aromatic amines is 1. The Morgan fingerprint density at radius 1 is 1.13 bits per heavy atom. The molecule has 1 aromatic carbocycles. The average molecular weight is 417 g/mol. The summed E-state index contributed by atoms with van der Waals surface area (Å²) in [5.41, 5.74) is 5.71. The van der Waals surface area contributed by atoms with Crippen molar-refractivity contribution in [3.63, 3.8) is 0 Å². The minimum absolute atomic E-state index is 0.280. The van der Waals surface area contributed by atoms with Crippen LogP contribution in [0.5, 0.6) is 0 Å². The first-order valence-electron chi connectivity index (χ1n) is 10.1. The number of rotatable bonds is 2. The topological polar surface area (TPSA) is 73.0 Å². The van der Waals surface area contributed by atoms with Crippen molar-refractivity contribution in [1.82, 2.24) is 25.7 Å². The molecule has 3 heterocycles. The summed E-state index contributed by atoms with van der Waals surface area (Å²) in [6.45, 7) is 1.72. The third-order valence-electron chi connectivity index (χ3n) is 6.16. The molecule has 5 rings (SSSR count). The lowest BCUT2D eigenvalue weighted by Gasteiger charge is -2.34. The summed E-state index contributed by atoms with van der Waals surface area (Å²) >= 11 is 0. The maximum atomic E-state index is 13.9. The molecule has 1 amide bonds. The van der Waals surface area contributed by atoms with Crippen LogP contribution in [0.15, 0.2) is 36.0 Å². The van der Waals surface area contributed by atoms with Gasteiger partial charge in [-0.1, -0.05) is 30.3 Å². The summed E-state index contributed by atoms with van der Waals surface area (Å²) in [5, 5.41) is 4.23. The lowest BCUT2D eigenvalue weighted by Crippen LogP contribution is -2.54. The lowest BCUT2D eigenvalue weighted by molar-refractivity contribution is -0.161. The second-order valence-corrected chi connectivity index (χ2v) is 8.07. The monoisotopic (exact) mass is 417 g/mol. The van der Waals surface area contributed by atoms with Gasteiger partial charge in [0.2, 0.25) is 0 Å². The molecule has 1 aliphatic carbocycles. The minimum Gasteiger partial charge on any atom is -0.366 e. The fourth-order valence-corrected chi connectivity index (χ4v) is 4.74. The van der Waals surface area contributed by atoms with Gasteiger partial charge < -0.3 is 10.3 Å².